The number of phosphoric acid groups is 1. The van der Waals surface area contributed by atoms with Gasteiger partial charge in [-0.3, -0.25) is 4.57 Å². The Hall–Kier alpha value is 0.0700. The Bertz CT molecular complexity index is 285. The number of hydrogen-bond donors (Lipinski definition) is 1. The molecule has 0 rings (SSSR count). The molecule has 0 saturated heterocycles. The minimum Gasteiger partial charge on any atom is -0.756 e. The standard InChI is InChI=1S/C14H32NO4P/c1-5-6-7-8-9-10-11-12-14(13-15(2,3)4)19-20(16,17)18/h14H,5-13H2,1-4H3,(H-,16,17,18). The van der Waals surface area contributed by atoms with Crippen LogP contribution in [-0.4, -0.2) is 43.2 Å². The topological polar surface area (TPSA) is 69.6 Å². The molecule has 122 valence electrons. The van der Waals surface area contributed by atoms with Crippen molar-refractivity contribution < 1.29 is 23.4 Å². The van der Waals surface area contributed by atoms with Crippen LogP contribution in [0.1, 0.15) is 58.3 Å². The summed E-state index contributed by atoms with van der Waals surface area (Å²) < 4.78 is 16.3. The zero-order chi connectivity index (χ0) is 15.6. The van der Waals surface area contributed by atoms with Gasteiger partial charge in [0.15, 0.2) is 0 Å². The molecular weight excluding hydrogens is 277 g/mol. The van der Waals surface area contributed by atoms with E-state index in [0.29, 0.717) is 17.4 Å². The predicted octanol–water partition coefficient (Wildman–Crippen LogP) is 2.68. The summed E-state index contributed by atoms with van der Waals surface area (Å²) in [5, 5.41) is 0. The molecule has 0 aliphatic rings. The average molecular weight is 309 g/mol. The van der Waals surface area contributed by atoms with Crippen molar-refractivity contribution in [2.75, 3.05) is 27.7 Å². The number of unbranched alkanes of at least 4 members (excludes halogenated alkanes) is 6. The maximum Gasteiger partial charge on any atom is 0.265 e. The third kappa shape index (κ3) is 14.5. The fraction of sp³-hybridized carbons (Fsp3) is 1.00. The zero-order valence-electron chi connectivity index (χ0n) is 13.5. The van der Waals surface area contributed by atoms with Crippen molar-refractivity contribution >= 4 is 7.82 Å². The number of phosphoric ester groups is 1. The van der Waals surface area contributed by atoms with Crippen LogP contribution in [0.15, 0.2) is 0 Å². The second-order valence-corrected chi connectivity index (χ2v) is 7.73. The van der Waals surface area contributed by atoms with Gasteiger partial charge in [0.1, 0.15) is 12.6 Å². The van der Waals surface area contributed by atoms with E-state index in [1.807, 2.05) is 21.1 Å². The summed E-state index contributed by atoms with van der Waals surface area (Å²) in [5.41, 5.74) is 0. The van der Waals surface area contributed by atoms with E-state index in [4.69, 9.17) is 9.42 Å². The maximum atomic E-state index is 10.9. The molecule has 0 radical (unpaired) electrons. The van der Waals surface area contributed by atoms with E-state index in [2.05, 4.69) is 6.92 Å². The van der Waals surface area contributed by atoms with Crippen molar-refractivity contribution in [1.82, 2.24) is 0 Å². The molecule has 0 bridgehead atoms. The van der Waals surface area contributed by atoms with E-state index < -0.39 is 13.9 Å². The first-order valence-corrected chi connectivity index (χ1v) is 9.16. The first-order valence-electron chi connectivity index (χ1n) is 7.66. The fourth-order valence-corrected chi connectivity index (χ4v) is 2.85. The highest BCUT2D eigenvalue weighted by atomic mass is 31.2. The van der Waals surface area contributed by atoms with Crippen molar-refractivity contribution in [2.24, 2.45) is 0 Å². The number of rotatable bonds is 12. The first kappa shape index (κ1) is 20.1. The molecule has 2 unspecified atom stereocenters. The predicted molar refractivity (Wildman–Crippen MR) is 80.2 cm³/mol. The Morgan fingerprint density at radius 2 is 1.60 bits per heavy atom. The van der Waals surface area contributed by atoms with Crippen molar-refractivity contribution in [3.63, 3.8) is 0 Å². The molecule has 0 fully saturated rings. The molecule has 5 nitrogen and oxygen atoms in total. The summed E-state index contributed by atoms with van der Waals surface area (Å²) in [6, 6.07) is 0. The molecule has 2 atom stereocenters. The van der Waals surface area contributed by atoms with Gasteiger partial charge in [-0.2, -0.15) is 0 Å². The third-order valence-corrected chi connectivity index (χ3v) is 3.73. The van der Waals surface area contributed by atoms with Crippen molar-refractivity contribution in [1.29, 1.82) is 0 Å². The Morgan fingerprint density at radius 3 is 2.05 bits per heavy atom. The monoisotopic (exact) mass is 309 g/mol. The van der Waals surface area contributed by atoms with Crippen LogP contribution in [0, 0.1) is 0 Å². The zero-order valence-corrected chi connectivity index (χ0v) is 14.4. The van der Waals surface area contributed by atoms with Gasteiger partial charge in [0, 0.05) is 0 Å². The molecule has 0 amide bonds. The largest absolute Gasteiger partial charge is 0.756 e. The van der Waals surface area contributed by atoms with Gasteiger partial charge < -0.3 is 18.8 Å². The van der Waals surface area contributed by atoms with Crippen LogP contribution in [0.25, 0.3) is 0 Å². The number of hydrogen-bond acceptors (Lipinski definition) is 3. The van der Waals surface area contributed by atoms with Gasteiger partial charge in [-0.15, -0.1) is 0 Å². The van der Waals surface area contributed by atoms with Crippen molar-refractivity contribution in [3.05, 3.63) is 0 Å². The summed E-state index contributed by atoms with van der Waals surface area (Å²) in [6.45, 7) is 2.77. The lowest BCUT2D eigenvalue weighted by atomic mass is 10.1. The molecule has 0 aromatic heterocycles. The summed E-state index contributed by atoms with van der Waals surface area (Å²) in [4.78, 5) is 19.7. The Morgan fingerprint density at radius 1 is 1.10 bits per heavy atom. The highest BCUT2D eigenvalue weighted by molar-refractivity contribution is 7.44. The second kappa shape index (κ2) is 9.91. The van der Waals surface area contributed by atoms with Crippen LogP contribution in [0.5, 0.6) is 0 Å². The van der Waals surface area contributed by atoms with Gasteiger partial charge in [-0.05, 0) is 6.42 Å². The minimum atomic E-state index is -4.64. The summed E-state index contributed by atoms with van der Waals surface area (Å²) in [7, 11) is 1.30. The molecular formula is C14H32NO4P. The van der Waals surface area contributed by atoms with Gasteiger partial charge in [0.2, 0.25) is 0 Å². The van der Waals surface area contributed by atoms with E-state index in [0.717, 1.165) is 12.8 Å². The molecule has 0 aliphatic heterocycles. The number of quaternary nitrogens is 1. The Balaban J connectivity index is 3.95. The maximum absolute atomic E-state index is 10.9. The molecule has 0 saturated carbocycles. The summed E-state index contributed by atoms with van der Waals surface area (Å²) >= 11 is 0. The van der Waals surface area contributed by atoms with Gasteiger partial charge in [-0.25, -0.2) is 0 Å². The van der Waals surface area contributed by atoms with Crippen LogP contribution >= 0.6 is 7.82 Å². The molecule has 0 spiro atoms. The third-order valence-electron chi connectivity index (χ3n) is 3.16. The van der Waals surface area contributed by atoms with E-state index in [-0.39, 0.29) is 0 Å². The molecule has 0 heterocycles. The van der Waals surface area contributed by atoms with Crippen LogP contribution in [0.3, 0.4) is 0 Å². The molecule has 1 N–H and O–H groups in total. The van der Waals surface area contributed by atoms with Crippen LogP contribution in [0.4, 0.5) is 0 Å². The van der Waals surface area contributed by atoms with E-state index in [1.54, 1.807) is 0 Å². The van der Waals surface area contributed by atoms with Gasteiger partial charge >= 0.3 is 0 Å². The molecule has 0 aromatic rings. The van der Waals surface area contributed by atoms with Crippen LogP contribution in [0.2, 0.25) is 0 Å². The van der Waals surface area contributed by atoms with Crippen molar-refractivity contribution in [3.8, 4) is 0 Å². The molecule has 20 heavy (non-hydrogen) atoms. The minimum absolute atomic E-state index is 0.432. The highest BCUT2D eigenvalue weighted by Crippen LogP contribution is 2.34. The normalized spacial score (nSPS) is 16.9. The number of likely N-dealkylation sites (N-methyl/N-ethyl adjacent to an activating group) is 1. The fourth-order valence-electron chi connectivity index (χ4n) is 2.31. The van der Waals surface area contributed by atoms with Gasteiger partial charge in [0.05, 0.1) is 21.1 Å². The Labute approximate surface area is 124 Å². The lowest BCUT2D eigenvalue weighted by Crippen LogP contribution is -2.42. The van der Waals surface area contributed by atoms with Crippen LogP contribution < -0.4 is 4.89 Å². The van der Waals surface area contributed by atoms with E-state index in [9.17, 15) is 9.46 Å². The highest BCUT2D eigenvalue weighted by Gasteiger charge is 2.22. The summed E-state index contributed by atoms with van der Waals surface area (Å²) in [5.74, 6) is 0. The Kier molecular flexibility index (Phi) is 9.94. The molecule has 6 heteroatoms. The second-order valence-electron chi connectivity index (χ2n) is 6.58. The quantitative estimate of drug-likeness (QED) is 0.342. The molecule has 0 aliphatic carbocycles. The van der Waals surface area contributed by atoms with Gasteiger partial charge in [0.25, 0.3) is 7.82 Å². The lowest BCUT2D eigenvalue weighted by molar-refractivity contribution is -0.873. The first-order chi connectivity index (χ1) is 9.14. The van der Waals surface area contributed by atoms with E-state index >= 15 is 0 Å². The average Bonchev–Trinajstić information content (AvgIpc) is 2.23. The smallest absolute Gasteiger partial charge is 0.265 e. The number of nitrogens with zero attached hydrogens (tertiary/aromatic N) is 1. The van der Waals surface area contributed by atoms with Crippen LogP contribution in [-0.2, 0) is 9.09 Å². The van der Waals surface area contributed by atoms with Gasteiger partial charge in [-0.1, -0.05) is 51.9 Å². The lowest BCUT2D eigenvalue weighted by Gasteiger charge is -2.31. The van der Waals surface area contributed by atoms with E-state index in [1.165, 1.54) is 32.1 Å². The SMILES string of the molecule is CCCCCCCCCC(C[N+](C)(C)C)OP(=O)([O-])O. The van der Waals surface area contributed by atoms with Crippen molar-refractivity contribution in [2.45, 2.75) is 64.4 Å². The summed E-state index contributed by atoms with van der Waals surface area (Å²) in [6.07, 6.45) is 8.52. The molecule has 0 aromatic carbocycles.